The number of halogens is 1. The molecular weight excluding hydrogens is 506 g/mol. The Morgan fingerprint density at radius 3 is 2.76 bits per heavy atom. The van der Waals surface area contributed by atoms with Crippen LogP contribution in [0.1, 0.15) is 70.6 Å². The first-order chi connectivity index (χ1) is 18.2. The zero-order valence-electron chi connectivity index (χ0n) is 20.9. The zero-order chi connectivity index (χ0) is 26.8. The molecule has 0 radical (unpaired) electrons. The van der Waals surface area contributed by atoms with Gasteiger partial charge in [0.1, 0.15) is 11.4 Å². The Balaban J connectivity index is 1.11. The first kappa shape index (κ1) is 24.6. The summed E-state index contributed by atoms with van der Waals surface area (Å²) < 4.78 is 5.38. The van der Waals surface area contributed by atoms with Crippen molar-refractivity contribution in [3.8, 4) is 6.07 Å². The Bertz CT molecular complexity index is 1500. The fraction of sp³-hybridized carbons (Fsp3) is 0.393. The van der Waals surface area contributed by atoms with Gasteiger partial charge in [0.15, 0.2) is 11.5 Å². The number of aryl methyl sites for hydroxylation is 1. The van der Waals surface area contributed by atoms with Crippen LogP contribution in [-0.4, -0.2) is 39.6 Å². The van der Waals surface area contributed by atoms with Crippen molar-refractivity contribution in [1.29, 1.82) is 5.26 Å². The number of benzene rings is 1. The van der Waals surface area contributed by atoms with Crippen LogP contribution in [0.4, 0.5) is 5.82 Å². The predicted octanol–water partition coefficient (Wildman–Crippen LogP) is 3.82. The van der Waals surface area contributed by atoms with Gasteiger partial charge in [-0.2, -0.15) is 5.26 Å². The molecule has 3 aromatic rings. The van der Waals surface area contributed by atoms with E-state index in [1.165, 1.54) is 12.3 Å². The molecule has 194 valence electrons. The van der Waals surface area contributed by atoms with Gasteiger partial charge in [0.05, 0.1) is 11.6 Å². The van der Waals surface area contributed by atoms with Gasteiger partial charge >= 0.3 is 0 Å². The summed E-state index contributed by atoms with van der Waals surface area (Å²) in [5.41, 5.74) is 1.21. The van der Waals surface area contributed by atoms with E-state index < -0.39 is 11.5 Å². The number of carbonyl (C=O) groups is 2. The second-order valence-electron chi connectivity index (χ2n) is 10.7. The van der Waals surface area contributed by atoms with E-state index in [1.807, 2.05) is 13.0 Å². The second-order valence-corrected chi connectivity index (χ2v) is 11.2. The molecule has 2 saturated carbocycles. The molecule has 2 N–H and O–H groups in total. The number of nitrogens with zero attached hydrogens (tertiary/aromatic N) is 4. The van der Waals surface area contributed by atoms with Gasteiger partial charge in [-0.05, 0) is 80.3 Å². The summed E-state index contributed by atoms with van der Waals surface area (Å²) >= 11 is 6.10. The Hall–Kier alpha value is -3.74. The lowest BCUT2D eigenvalue weighted by Crippen LogP contribution is -2.43. The molecule has 6 rings (SSSR count). The van der Waals surface area contributed by atoms with Gasteiger partial charge in [0.25, 0.3) is 5.91 Å². The second kappa shape index (κ2) is 8.93. The van der Waals surface area contributed by atoms with Crippen molar-refractivity contribution in [2.75, 3.05) is 11.4 Å². The highest BCUT2D eigenvalue weighted by molar-refractivity contribution is 6.30. The number of nitriles is 1. The monoisotopic (exact) mass is 531 g/mol. The van der Waals surface area contributed by atoms with Crippen LogP contribution in [0.5, 0.6) is 0 Å². The Morgan fingerprint density at radius 2 is 2.08 bits per heavy atom. The minimum atomic E-state index is -1.58. The van der Waals surface area contributed by atoms with Crippen LogP contribution in [0.2, 0.25) is 5.02 Å². The van der Waals surface area contributed by atoms with Crippen molar-refractivity contribution >= 4 is 29.2 Å². The smallest absolute Gasteiger partial charge is 0.273 e. The lowest BCUT2D eigenvalue weighted by Gasteiger charge is -2.36. The minimum Gasteiger partial charge on any atom is -0.377 e. The fourth-order valence-corrected chi connectivity index (χ4v) is 5.74. The summed E-state index contributed by atoms with van der Waals surface area (Å²) in [6.07, 6.45) is 3.86. The number of rotatable bonds is 6. The van der Waals surface area contributed by atoms with Crippen LogP contribution in [-0.2, 0) is 10.4 Å². The number of hydrogen-bond acceptors (Lipinski definition) is 7. The van der Waals surface area contributed by atoms with Gasteiger partial charge in [-0.3, -0.25) is 14.5 Å². The average Bonchev–Trinajstić information content (AvgIpc) is 3.31. The molecule has 38 heavy (non-hydrogen) atoms. The molecule has 2 aromatic heterocycles. The minimum absolute atomic E-state index is 0.0624. The number of anilines is 1. The van der Waals surface area contributed by atoms with E-state index in [2.05, 4.69) is 21.5 Å². The number of hydrogen-bond donors (Lipinski definition) is 2. The molecule has 10 heteroatoms. The van der Waals surface area contributed by atoms with Gasteiger partial charge in [-0.15, -0.1) is 0 Å². The summed E-state index contributed by atoms with van der Waals surface area (Å²) in [6, 6.07) is 10.5. The number of fused-ring (bicyclic) bond motifs is 1. The number of piperidine rings is 1. The third-order valence-electron chi connectivity index (χ3n) is 8.06. The van der Waals surface area contributed by atoms with Crippen molar-refractivity contribution in [3.05, 3.63) is 75.3 Å². The molecule has 0 unspecified atom stereocenters. The van der Waals surface area contributed by atoms with Crippen molar-refractivity contribution in [2.24, 2.45) is 11.8 Å². The van der Waals surface area contributed by atoms with Gasteiger partial charge in [-0.25, -0.2) is 4.98 Å². The third kappa shape index (κ3) is 4.14. The van der Waals surface area contributed by atoms with E-state index in [1.54, 1.807) is 30.0 Å². The van der Waals surface area contributed by atoms with Crippen molar-refractivity contribution < 1.29 is 19.2 Å². The fourth-order valence-electron chi connectivity index (χ4n) is 5.56. The number of carbonyl (C=O) groups excluding carboxylic acids is 2. The summed E-state index contributed by atoms with van der Waals surface area (Å²) in [5, 5.41) is 28.0. The third-order valence-corrected chi connectivity index (χ3v) is 8.30. The van der Waals surface area contributed by atoms with Gasteiger partial charge in [0, 0.05) is 41.4 Å². The van der Waals surface area contributed by atoms with Crippen LogP contribution >= 0.6 is 11.6 Å². The van der Waals surface area contributed by atoms with E-state index >= 15 is 0 Å². The molecule has 1 saturated heterocycles. The van der Waals surface area contributed by atoms with E-state index in [-0.39, 0.29) is 35.2 Å². The van der Waals surface area contributed by atoms with Crippen LogP contribution in [0, 0.1) is 30.1 Å². The molecule has 1 aromatic carbocycles. The molecule has 3 aliphatic rings. The van der Waals surface area contributed by atoms with Gasteiger partial charge < -0.3 is 14.9 Å². The maximum atomic E-state index is 12.8. The highest BCUT2D eigenvalue weighted by Crippen LogP contribution is 2.47. The normalized spacial score (nSPS) is 25.2. The van der Waals surface area contributed by atoms with E-state index in [0.29, 0.717) is 47.3 Å². The Labute approximate surface area is 224 Å². The van der Waals surface area contributed by atoms with Crippen LogP contribution in [0.3, 0.4) is 0 Å². The summed E-state index contributed by atoms with van der Waals surface area (Å²) in [7, 11) is 0. The van der Waals surface area contributed by atoms with E-state index in [9.17, 15) is 20.0 Å². The average molecular weight is 532 g/mol. The lowest BCUT2D eigenvalue weighted by atomic mass is 9.74. The largest absolute Gasteiger partial charge is 0.377 e. The number of aliphatic hydroxyl groups is 1. The van der Waals surface area contributed by atoms with Crippen molar-refractivity contribution in [3.63, 3.8) is 0 Å². The molecule has 1 aliphatic heterocycles. The summed E-state index contributed by atoms with van der Waals surface area (Å²) in [4.78, 5) is 31.5. The molecular formula is C28H26ClN5O4. The molecule has 0 bridgehead atoms. The first-order valence-corrected chi connectivity index (χ1v) is 13.0. The predicted molar refractivity (Wildman–Crippen MR) is 137 cm³/mol. The summed E-state index contributed by atoms with van der Waals surface area (Å²) in [5.74, 6) is 1.14. The lowest BCUT2D eigenvalue weighted by molar-refractivity contribution is -0.118. The molecule has 3 heterocycles. The maximum absolute atomic E-state index is 12.8. The highest BCUT2D eigenvalue weighted by atomic mass is 35.5. The quantitative estimate of drug-likeness (QED) is 0.494. The Kier molecular flexibility index (Phi) is 5.78. The van der Waals surface area contributed by atoms with Crippen molar-refractivity contribution in [1.82, 2.24) is 15.5 Å². The first-order valence-electron chi connectivity index (χ1n) is 12.6. The van der Waals surface area contributed by atoms with E-state index in [4.69, 9.17) is 16.1 Å². The standard InChI is InChI=1S/C28H26ClN5O4/c1-14-5-18(12-31-25(14)34-13-17-8-22(17)27(34)36)28(2,37)24-10-23(33-38-24)26(35)32-20-6-16(7-20)21-9-19(29)4-3-15(21)11-30/h3-5,9-10,12,16-17,20,22,37H,6-8,13H2,1-2H3,(H,32,35)/t16?,17-,20?,22-,28-/m1/s1. The SMILES string of the molecule is Cc1cc([C@@](C)(O)c2cc(C(=O)NC3CC(c4cc(Cl)ccc4C#N)C3)no2)cnc1N1C[C@H]2C[C@H]2C1=O. The van der Waals surface area contributed by atoms with Crippen LogP contribution < -0.4 is 10.2 Å². The molecule has 9 nitrogen and oxygen atoms in total. The number of aromatic nitrogens is 2. The topological polar surface area (TPSA) is 132 Å². The Morgan fingerprint density at radius 1 is 1.29 bits per heavy atom. The highest BCUT2D eigenvalue weighted by Gasteiger charge is 2.53. The molecule has 0 spiro atoms. The van der Waals surface area contributed by atoms with Crippen LogP contribution in [0.15, 0.2) is 41.1 Å². The maximum Gasteiger partial charge on any atom is 0.273 e. The molecule has 2 amide bonds. The van der Waals surface area contributed by atoms with E-state index in [0.717, 1.165) is 17.5 Å². The number of amides is 2. The van der Waals surface area contributed by atoms with Crippen LogP contribution in [0.25, 0.3) is 0 Å². The molecule has 2 aliphatic carbocycles. The van der Waals surface area contributed by atoms with Crippen molar-refractivity contribution in [2.45, 2.75) is 50.7 Å². The number of pyridine rings is 1. The zero-order valence-corrected chi connectivity index (χ0v) is 21.7. The molecule has 3 atom stereocenters. The summed E-state index contributed by atoms with van der Waals surface area (Å²) in [6.45, 7) is 4.09. The van der Waals surface area contributed by atoms with Gasteiger partial charge in [0.2, 0.25) is 5.91 Å². The molecule has 3 fully saturated rings. The van der Waals surface area contributed by atoms with Gasteiger partial charge in [-0.1, -0.05) is 16.8 Å². The number of nitrogens with one attached hydrogen (secondary N) is 1.